The van der Waals surface area contributed by atoms with E-state index in [0.717, 1.165) is 19.5 Å². The van der Waals surface area contributed by atoms with Gasteiger partial charge in [0.25, 0.3) is 5.91 Å². The summed E-state index contributed by atoms with van der Waals surface area (Å²) in [6.07, 6.45) is 0.984. The number of benzene rings is 2. The van der Waals surface area contributed by atoms with Crippen molar-refractivity contribution >= 4 is 21.8 Å². The SMILES string of the molecule is O=C(c1ccc(Br)c(O)c1)N1CCC(c2ccccc2)C1. The summed E-state index contributed by atoms with van der Waals surface area (Å²) in [5.41, 5.74) is 1.82. The molecule has 1 fully saturated rings. The highest BCUT2D eigenvalue weighted by molar-refractivity contribution is 9.10. The molecule has 1 aliphatic heterocycles. The number of rotatable bonds is 2. The lowest BCUT2D eigenvalue weighted by Gasteiger charge is -2.17. The Kier molecular flexibility index (Phi) is 3.97. The van der Waals surface area contributed by atoms with Gasteiger partial charge in [-0.1, -0.05) is 30.3 Å². The average molecular weight is 346 g/mol. The van der Waals surface area contributed by atoms with Crippen LogP contribution in [0.3, 0.4) is 0 Å². The number of phenols is 1. The zero-order chi connectivity index (χ0) is 14.8. The summed E-state index contributed by atoms with van der Waals surface area (Å²) in [5, 5.41) is 9.70. The molecule has 0 bridgehead atoms. The highest BCUT2D eigenvalue weighted by atomic mass is 79.9. The molecule has 3 rings (SSSR count). The molecule has 1 unspecified atom stereocenters. The Morgan fingerprint density at radius 1 is 1.19 bits per heavy atom. The van der Waals surface area contributed by atoms with Gasteiger partial charge in [0.2, 0.25) is 0 Å². The maximum atomic E-state index is 12.5. The fourth-order valence-corrected chi connectivity index (χ4v) is 3.02. The second kappa shape index (κ2) is 5.90. The van der Waals surface area contributed by atoms with Crippen molar-refractivity contribution in [2.24, 2.45) is 0 Å². The van der Waals surface area contributed by atoms with Gasteiger partial charge >= 0.3 is 0 Å². The molecule has 1 atom stereocenters. The zero-order valence-corrected chi connectivity index (χ0v) is 13.1. The molecular formula is C17H16BrNO2. The number of hydrogen-bond acceptors (Lipinski definition) is 2. The number of likely N-dealkylation sites (tertiary alicyclic amines) is 1. The smallest absolute Gasteiger partial charge is 0.254 e. The molecule has 0 aliphatic carbocycles. The Labute approximate surface area is 132 Å². The second-order valence-electron chi connectivity index (χ2n) is 5.31. The molecule has 2 aromatic carbocycles. The highest BCUT2D eigenvalue weighted by Gasteiger charge is 2.28. The molecule has 1 heterocycles. The van der Waals surface area contributed by atoms with E-state index in [1.165, 1.54) is 11.6 Å². The summed E-state index contributed by atoms with van der Waals surface area (Å²) >= 11 is 3.23. The van der Waals surface area contributed by atoms with Crippen LogP contribution in [0.1, 0.15) is 28.3 Å². The quantitative estimate of drug-likeness (QED) is 0.899. The minimum absolute atomic E-state index is 0.0174. The van der Waals surface area contributed by atoms with Crippen LogP contribution in [-0.2, 0) is 0 Å². The number of hydrogen-bond donors (Lipinski definition) is 1. The number of carbonyl (C=O) groups excluding carboxylic acids is 1. The Morgan fingerprint density at radius 2 is 1.95 bits per heavy atom. The lowest BCUT2D eigenvalue weighted by atomic mass is 9.99. The second-order valence-corrected chi connectivity index (χ2v) is 6.17. The first-order chi connectivity index (χ1) is 10.1. The highest BCUT2D eigenvalue weighted by Crippen LogP contribution is 2.29. The summed E-state index contributed by atoms with van der Waals surface area (Å²) in [4.78, 5) is 14.3. The molecule has 2 aromatic rings. The van der Waals surface area contributed by atoms with Gasteiger partial charge < -0.3 is 10.0 Å². The van der Waals surface area contributed by atoms with E-state index in [-0.39, 0.29) is 11.7 Å². The molecule has 1 N–H and O–H groups in total. The predicted octanol–water partition coefficient (Wildman–Crippen LogP) is 3.78. The lowest BCUT2D eigenvalue weighted by molar-refractivity contribution is 0.0790. The maximum absolute atomic E-state index is 12.5. The molecule has 1 amide bonds. The Balaban J connectivity index is 1.74. The summed E-state index contributed by atoms with van der Waals surface area (Å²) in [6, 6.07) is 15.3. The largest absolute Gasteiger partial charge is 0.507 e. The zero-order valence-electron chi connectivity index (χ0n) is 11.5. The Bertz CT molecular complexity index is 657. The molecule has 0 aromatic heterocycles. The van der Waals surface area contributed by atoms with Crippen molar-refractivity contribution < 1.29 is 9.90 Å². The van der Waals surface area contributed by atoms with Gasteiger partial charge in [-0.25, -0.2) is 0 Å². The minimum atomic E-state index is -0.0174. The Hall–Kier alpha value is -1.81. The first kappa shape index (κ1) is 14.1. The lowest BCUT2D eigenvalue weighted by Crippen LogP contribution is -2.28. The topological polar surface area (TPSA) is 40.5 Å². The molecule has 4 heteroatoms. The van der Waals surface area contributed by atoms with Crippen LogP contribution in [0.25, 0.3) is 0 Å². The molecule has 1 saturated heterocycles. The summed E-state index contributed by atoms with van der Waals surface area (Å²) < 4.78 is 0.600. The van der Waals surface area contributed by atoms with Crippen molar-refractivity contribution in [3.8, 4) is 5.75 Å². The van der Waals surface area contributed by atoms with E-state index < -0.39 is 0 Å². The van der Waals surface area contributed by atoms with E-state index in [4.69, 9.17) is 0 Å². The number of carbonyl (C=O) groups is 1. The van der Waals surface area contributed by atoms with Crippen LogP contribution in [0.4, 0.5) is 0 Å². The Morgan fingerprint density at radius 3 is 2.67 bits per heavy atom. The van der Waals surface area contributed by atoms with Gasteiger partial charge in [-0.3, -0.25) is 4.79 Å². The number of amides is 1. The third-order valence-electron chi connectivity index (χ3n) is 3.94. The first-order valence-electron chi connectivity index (χ1n) is 6.98. The molecule has 1 aliphatic rings. The molecule has 108 valence electrons. The summed E-state index contributed by atoms with van der Waals surface area (Å²) in [7, 11) is 0. The first-order valence-corrected chi connectivity index (χ1v) is 7.77. The molecule has 0 spiro atoms. The third kappa shape index (κ3) is 2.95. The summed E-state index contributed by atoms with van der Waals surface area (Å²) in [5.74, 6) is 0.482. The van der Waals surface area contributed by atoms with Crippen molar-refractivity contribution in [3.05, 3.63) is 64.1 Å². The van der Waals surface area contributed by atoms with Gasteiger partial charge in [0.15, 0.2) is 0 Å². The minimum Gasteiger partial charge on any atom is -0.507 e. The van der Waals surface area contributed by atoms with Gasteiger partial charge in [0.1, 0.15) is 5.75 Å². The van der Waals surface area contributed by atoms with Crippen LogP contribution < -0.4 is 0 Å². The van der Waals surface area contributed by atoms with Crippen molar-refractivity contribution in [1.29, 1.82) is 0 Å². The van der Waals surface area contributed by atoms with Crippen LogP contribution in [0.5, 0.6) is 5.75 Å². The molecular weight excluding hydrogens is 330 g/mol. The van der Waals surface area contributed by atoms with Gasteiger partial charge in [-0.05, 0) is 46.1 Å². The van der Waals surface area contributed by atoms with E-state index >= 15 is 0 Å². The van der Waals surface area contributed by atoms with Crippen molar-refractivity contribution in [3.63, 3.8) is 0 Å². The normalized spacial score (nSPS) is 18.0. The number of halogens is 1. The fourth-order valence-electron chi connectivity index (χ4n) is 2.77. The number of nitrogens with zero attached hydrogens (tertiary/aromatic N) is 1. The summed E-state index contributed by atoms with van der Waals surface area (Å²) in [6.45, 7) is 1.49. The molecule has 21 heavy (non-hydrogen) atoms. The van der Waals surface area contributed by atoms with Crippen molar-refractivity contribution in [2.45, 2.75) is 12.3 Å². The van der Waals surface area contributed by atoms with E-state index in [1.54, 1.807) is 12.1 Å². The van der Waals surface area contributed by atoms with Gasteiger partial charge in [0.05, 0.1) is 4.47 Å². The van der Waals surface area contributed by atoms with E-state index in [2.05, 4.69) is 28.1 Å². The van der Waals surface area contributed by atoms with Crippen molar-refractivity contribution in [2.75, 3.05) is 13.1 Å². The van der Waals surface area contributed by atoms with E-state index in [0.29, 0.717) is 16.0 Å². The van der Waals surface area contributed by atoms with Crippen LogP contribution in [0.2, 0.25) is 0 Å². The third-order valence-corrected chi connectivity index (χ3v) is 4.61. The van der Waals surface area contributed by atoms with Crippen LogP contribution in [0, 0.1) is 0 Å². The van der Waals surface area contributed by atoms with Gasteiger partial charge in [-0.2, -0.15) is 0 Å². The van der Waals surface area contributed by atoms with Gasteiger partial charge in [-0.15, -0.1) is 0 Å². The predicted molar refractivity (Wildman–Crippen MR) is 85.5 cm³/mol. The van der Waals surface area contributed by atoms with Gasteiger partial charge in [0, 0.05) is 24.6 Å². The standard InChI is InChI=1S/C17H16BrNO2/c18-15-7-6-13(10-16(15)20)17(21)19-9-8-14(11-19)12-4-2-1-3-5-12/h1-7,10,14,20H,8-9,11H2. The monoisotopic (exact) mass is 345 g/mol. The maximum Gasteiger partial charge on any atom is 0.254 e. The van der Waals surface area contributed by atoms with E-state index in [1.807, 2.05) is 23.1 Å². The number of phenolic OH excluding ortho intramolecular Hbond substituents is 1. The van der Waals surface area contributed by atoms with Crippen LogP contribution >= 0.6 is 15.9 Å². The molecule has 0 radical (unpaired) electrons. The van der Waals surface area contributed by atoms with E-state index in [9.17, 15) is 9.90 Å². The fraction of sp³-hybridized carbons (Fsp3) is 0.235. The van der Waals surface area contributed by atoms with Crippen LogP contribution in [-0.4, -0.2) is 29.0 Å². The average Bonchev–Trinajstić information content (AvgIpc) is 3.00. The number of aromatic hydroxyl groups is 1. The molecule has 3 nitrogen and oxygen atoms in total. The van der Waals surface area contributed by atoms with Crippen molar-refractivity contribution in [1.82, 2.24) is 4.90 Å². The van der Waals surface area contributed by atoms with Crippen LogP contribution in [0.15, 0.2) is 53.0 Å². The molecule has 0 saturated carbocycles.